The molecule has 0 radical (unpaired) electrons. The van der Waals surface area contributed by atoms with Crippen molar-refractivity contribution in [2.75, 3.05) is 32.0 Å². The Morgan fingerprint density at radius 2 is 2.00 bits per heavy atom. The summed E-state index contributed by atoms with van der Waals surface area (Å²) >= 11 is 0.476. The van der Waals surface area contributed by atoms with Crippen molar-refractivity contribution in [2.24, 2.45) is 0 Å². The molecule has 0 aromatic carbocycles. The molecule has 20 nitrogen and oxygen atoms in total. The van der Waals surface area contributed by atoms with E-state index < -0.39 is 92.4 Å². The number of aromatic amines is 1. The predicted octanol–water partition coefficient (Wildman–Crippen LogP) is 0.274. The molecule has 5 N–H and O–H groups in total. The second-order valence-electron chi connectivity index (χ2n) is 10.6. The third kappa shape index (κ3) is 7.85. The minimum Gasteiger partial charge on any atom is -0.432 e. The molecule has 3 aromatic rings. The number of anilines is 1. The van der Waals surface area contributed by atoms with Gasteiger partial charge in [-0.3, -0.25) is 28.0 Å². The molecule has 2 aliphatic rings. The number of rotatable bonds is 13. The van der Waals surface area contributed by atoms with E-state index in [4.69, 9.17) is 38.5 Å². The molecule has 258 valence electrons. The Labute approximate surface area is 269 Å². The Morgan fingerprint density at radius 3 is 2.70 bits per heavy atom. The number of nitrogens with one attached hydrogen (secondary N) is 1. The Kier molecular flexibility index (Phi) is 11.0. The first-order chi connectivity index (χ1) is 22.4. The van der Waals surface area contributed by atoms with Gasteiger partial charge in [0.2, 0.25) is 0 Å². The quantitative estimate of drug-likeness (QED) is 0.106. The third-order valence-corrected chi connectivity index (χ3v) is 10.5. The normalized spacial score (nSPS) is 27.3. The van der Waals surface area contributed by atoms with Gasteiger partial charge in [0.1, 0.15) is 42.5 Å². The molecule has 0 bridgehead atoms. The number of aliphatic hydroxyl groups excluding tert-OH is 2. The molecule has 0 spiro atoms. The van der Waals surface area contributed by atoms with Crippen LogP contribution in [0.1, 0.15) is 32.7 Å². The number of nitrogens with zero attached hydrogens (tertiary/aromatic N) is 5. The number of imidazole rings is 1. The van der Waals surface area contributed by atoms with Gasteiger partial charge in [-0.25, -0.2) is 29.1 Å². The van der Waals surface area contributed by atoms with E-state index in [0.717, 1.165) is 10.6 Å². The van der Waals surface area contributed by atoms with Crippen molar-refractivity contribution in [2.45, 2.75) is 69.3 Å². The Bertz CT molecular complexity index is 1720. The minimum atomic E-state index is -4.38. The van der Waals surface area contributed by atoms with Crippen molar-refractivity contribution >= 4 is 41.3 Å². The van der Waals surface area contributed by atoms with Gasteiger partial charge in [-0.2, -0.15) is 0 Å². The van der Waals surface area contributed by atoms with Crippen LogP contribution in [0, 0.1) is 0 Å². The molecular formula is C25H34N7O13PS. The van der Waals surface area contributed by atoms with Crippen molar-refractivity contribution in [3.8, 4) is 0 Å². The second-order valence-corrected chi connectivity index (χ2v) is 14.6. The summed E-state index contributed by atoms with van der Waals surface area (Å²) in [4.78, 5) is 50.5. The van der Waals surface area contributed by atoms with Crippen LogP contribution < -0.4 is 17.0 Å². The van der Waals surface area contributed by atoms with Gasteiger partial charge in [-0.05, 0) is 13.8 Å². The fraction of sp³-hybridized carbons (Fsp3) is 0.600. The summed E-state index contributed by atoms with van der Waals surface area (Å²) in [5.74, 6) is -0.375. The molecule has 22 heteroatoms. The third-order valence-electron chi connectivity index (χ3n) is 7.13. The molecule has 2 aliphatic heterocycles. The van der Waals surface area contributed by atoms with Crippen LogP contribution in [0.15, 0.2) is 34.5 Å². The average Bonchev–Trinajstić information content (AvgIpc) is 3.71. The number of nitrogen functional groups attached to an aromatic ring is 1. The van der Waals surface area contributed by atoms with Gasteiger partial charge in [0.05, 0.1) is 31.7 Å². The first-order valence-electron chi connectivity index (χ1n) is 14.2. The highest BCUT2D eigenvalue weighted by molar-refractivity contribution is 8.55. The maximum Gasteiger partial charge on any atom is 0.509 e. The van der Waals surface area contributed by atoms with Crippen molar-refractivity contribution in [3.05, 3.63) is 45.8 Å². The van der Waals surface area contributed by atoms with Crippen molar-refractivity contribution in [1.82, 2.24) is 29.1 Å². The second kappa shape index (κ2) is 14.8. The summed E-state index contributed by atoms with van der Waals surface area (Å²) in [6, 6.07) is 1.09. The maximum atomic E-state index is 14.2. The van der Waals surface area contributed by atoms with Gasteiger partial charge >= 0.3 is 18.6 Å². The van der Waals surface area contributed by atoms with E-state index in [-0.39, 0.29) is 12.2 Å². The van der Waals surface area contributed by atoms with Gasteiger partial charge in [0.15, 0.2) is 23.6 Å². The molecule has 5 heterocycles. The number of fused-ring (bicyclic) bond motifs is 1. The largest absolute Gasteiger partial charge is 0.509 e. The smallest absolute Gasteiger partial charge is 0.432 e. The Morgan fingerprint density at radius 1 is 1.21 bits per heavy atom. The van der Waals surface area contributed by atoms with Gasteiger partial charge in [0, 0.05) is 37.2 Å². The zero-order valence-electron chi connectivity index (χ0n) is 25.3. The Balaban J connectivity index is 1.34. The number of hydrogen-bond donors (Lipinski definition) is 4. The van der Waals surface area contributed by atoms with E-state index in [2.05, 4.69) is 19.9 Å². The molecule has 0 saturated carbocycles. The molecule has 47 heavy (non-hydrogen) atoms. The van der Waals surface area contributed by atoms with Gasteiger partial charge in [-0.15, -0.1) is 0 Å². The summed E-state index contributed by atoms with van der Waals surface area (Å²) in [5, 5.41) is 20.9. The lowest BCUT2D eigenvalue weighted by Gasteiger charge is -2.28. The number of H-pyrrole nitrogens is 1. The molecule has 2 saturated heterocycles. The zero-order chi connectivity index (χ0) is 33.9. The maximum absolute atomic E-state index is 14.2. The van der Waals surface area contributed by atoms with E-state index >= 15 is 0 Å². The van der Waals surface area contributed by atoms with Gasteiger partial charge in [0.25, 0.3) is 5.56 Å². The highest BCUT2D eigenvalue weighted by Gasteiger charge is 2.51. The molecule has 2 fully saturated rings. The summed E-state index contributed by atoms with van der Waals surface area (Å²) in [6.07, 6.45) is -5.23. The average molecular weight is 704 g/mol. The van der Waals surface area contributed by atoms with Crippen LogP contribution in [0.2, 0.25) is 0 Å². The number of hydrogen-bond acceptors (Lipinski definition) is 18. The number of aliphatic hydroxyl groups is 2. The molecular weight excluding hydrogens is 669 g/mol. The van der Waals surface area contributed by atoms with E-state index in [1.165, 1.54) is 26.0 Å². The van der Waals surface area contributed by atoms with Gasteiger partial charge < -0.3 is 39.6 Å². The summed E-state index contributed by atoms with van der Waals surface area (Å²) in [5.41, 5.74) is 5.13. The van der Waals surface area contributed by atoms with E-state index in [1.54, 1.807) is 18.4 Å². The molecule has 5 rings (SSSR count). The number of aromatic nitrogens is 6. The monoisotopic (exact) mass is 703 g/mol. The van der Waals surface area contributed by atoms with E-state index in [9.17, 15) is 29.2 Å². The number of methoxy groups -OCH3 is 1. The number of carbonyl (C=O) groups is 1. The van der Waals surface area contributed by atoms with Crippen LogP contribution in [-0.4, -0.2) is 108 Å². The fourth-order valence-corrected chi connectivity index (χ4v) is 7.77. The van der Waals surface area contributed by atoms with Crippen molar-refractivity contribution in [3.63, 3.8) is 0 Å². The molecule has 5 unspecified atom stereocenters. The summed E-state index contributed by atoms with van der Waals surface area (Å²) < 4.78 is 55.8. The highest BCUT2D eigenvalue weighted by atomic mass is 32.7. The number of ether oxygens (including phenoxy) is 5. The Hall–Kier alpha value is -3.40. The molecule has 8 atom stereocenters. The van der Waals surface area contributed by atoms with E-state index in [1.807, 2.05) is 0 Å². The highest BCUT2D eigenvalue weighted by Crippen LogP contribution is 2.63. The molecule has 0 amide bonds. The predicted molar refractivity (Wildman–Crippen MR) is 161 cm³/mol. The van der Waals surface area contributed by atoms with Crippen molar-refractivity contribution < 1.29 is 52.3 Å². The minimum absolute atomic E-state index is 0.0935. The topological polar surface area (TPSA) is 264 Å². The van der Waals surface area contributed by atoms with Crippen LogP contribution in [0.4, 0.5) is 10.6 Å². The number of nitrogens with two attached hydrogens (primary N) is 1. The van der Waals surface area contributed by atoms with Crippen LogP contribution in [0.25, 0.3) is 11.2 Å². The summed E-state index contributed by atoms with van der Waals surface area (Å²) in [6.45, 7) is -2.26. The van der Waals surface area contributed by atoms with Crippen LogP contribution in [0.3, 0.4) is 0 Å². The van der Waals surface area contributed by atoms with Crippen LogP contribution in [0.5, 0.6) is 0 Å². The fourth-order valence-electron chi connectivity index (χ4n) is 4.98. The summed E-state index contributed by atoms with van der Waals surface area (Å²) in [7, 11) is 1.28. The lowest BCUT2D eigenvalue weighted by Crippen LogP contribution is -2.39. The standard InChI is InChI=1S/C25H34N7O13PS/c1-12(2)42-25(37)40-11-47-46(38,45-19-14(7-33)44-23(20(19)39-3)31-5-4-16(35)30-24(31)36)41-8-15-13(34)6-17(43-15)32-10-29-18-21(26)27-9-28-22(18)32/h4-5,9-10,12-15,17,19-20,23,33-34H,6-8,11H2,1-3H3,(H2,26,27,28)(H,30,35,36)/t13?,14-,15-,17?,19?,20?,23-,46?/m1/s1. The van der Waals surface area contributed by atoms with Crippen molar-refractivity contribution in [1.29, 1.82) is 0 Å². The molecule has 3 aromatic heterocycles. The molecule has 0 aliphatic carbocycles. The zero-order valence-corrected chi connectivity index (χ0v) is 27.0. The number of carbonyl (C=O) groups excluding carboxylic acids is 1. The first-order valence-corrected chi connectivity index (χ1v) is 17.3. The van der Waals surface area contributed by atoms with Crippen LogP contribution in [-0.2, 0) is 37.3 Å². The first kappa shape index (κ1) is 34.9. The lowest BCUT2D eigenvalue weighted by molar-refractivity contribution is -0.0625. The van der Waals surface area contributed by atoms with Crippen LogP contribution >= 0.6 is 18.2 Å². The SMILES string of the molecule is COC1C(OP(=O)(OC[C@H]2OC(n3cnc4c(N)ncnc43)CC2O)SCOC(=O)OC(C)C)[C@@H](CO)O[C@H]1n1ccc(=O)[nH]c1=O. The van der Waals surface area contributed by atoms with Gasteiger partial charge in [-0.1, -0.05) is 0 Å². The lowest BCUT2D eigenvalue weighted by atomic mass is 10.1. The van der Waals surface area contributed by atoms with E-state index in [0.29, 0.717) is 22.5 Å².